The van der Waals surface area contributed by atoms with Gasteiger partial charge in [-0.15, -0.1) is 0 Å². The second kappa shape index (κ2) is 5.34. The van der Waals surface area contributed by atoms with Crippen molar-refractivity contribution in [2.24, 2.45) is 5.92 Å². The summed E-state index contributed by atoms with van der Waals surface area (Å²) in [4.78, 5) is 14.8. The summed E-state index contributed by atoms with van der Waals surface area (Å²) < 4.78 is 5.39. The maximum atomic E-state index is 12.9. The van der Waals surface area contributed by atoms with Crippen molar-refractivity contribution >= 4 is 5.91 Å². The van der Waals surface area contributed by atoms with Crippen molar-refractivity contribution in [3.05, 3.63) is 29.3 Å². The quantitative estimate of drug-likeness (QED) is 0.920. The third-order valence-electron chi connectivity index (χ3n) is 4.95. The molecule has 114 valence electrons. The largest absolute Gasteiger partial charge is 0.496 e. The Bertz CT molecular complexity index is 551. The van der Waals surface area contributed by atoms with Crippen LogP contribution in [0.3, 0.4) is 0 Å². The number of hydrogen-bond acceptors (Lipinski definition) is 3. The van der Waals surface area contributed by atoms with E-state index in [0.717, 1.165) is 42.7 Å². The zero-order chi connectivity index (χ0) is 15.0. The summed E-state index contributed by atoms with van der Waals surface area (Å²) in [6.45, 7) is 3.65. The van der Waals surface area contributed by atoms with Gasteiger partial charge in [0.05, 0.1) is 12.5 Å². The number of carbonyl (C=O) groups excluding carboxylic acids is 1. The Kier molecular flexibility index (Phi) is 3.66. The second-order valence-corrected chi connectivity index (χ2v) is 6.35. The van der Waals surface area contributed by atoms with Crippen LogP contribution in [0.4, 0.5) is 0 Å². The Hall–Kier alpha value is -1.55. The van der Waals surface area contributed by atoms with Crippen molar-refractivity contribution in [2.45, 2.75) is 31.6 Å². The van der Waals surface area contributed by atoms with E-state index in [0.29, 0.717) is 6.54 Å². The average molecular weight is 289 g/mol. The van der Waals surface area contributed by atoms with Gasteiger partial charge in [0.2, 0.25) is 5.91 Å². The van der Waals surface area contributed by atoms with E-state index in [2.05, 4.69) is 6.07 Å². The summed E-state index contributed by atoms with van der Waals surface area (Å²) in [5.41, 5.74) is 1.82. The van der Waals surface area contributed by atoms with Gasteiger partial charge in [0.1, 0.15) is 5.75 Å². The number of ether oxygens (including phenoxy) is 1. The Morgan fingerprint density at radius 3 is 2.81 bits per heavy atom. The van der Waals surface area contributed by atoms with E-state index in [4.69, 9.17) is 4.74 Å². The maximum Gasteiger partial charge on any atom is 0.233 e. The number of benzene rings is 1. The van der Waals surface area contributed by atoms with Gasteiger partial charge >= 0.3 is 0 Å². The second-order valence-electron chi connectivity index (χ2n) is 6.35. The molecule has 1 aliphatic heterocycles. The highest BCUT2D eigenvalue weighted by molar-refractivity contribution is 5.91. The van der Waals surface area contributed by atoms with Crippen molar-refractivity contribution in [1.29, 1.82) is 0 Å². The SMILES string of the molecule is COc1cc(C2(C(=O)N3CCC(CO)C3)CC2)ccc1C. The van der Waals surface area contributed by atoms with Crippen LogP contribution in [-0.2, 0) is 10.2 Å². The van der Waals surface area contributed by atoms with Gasteiger partial charge in [-0.05, 0) is 43.4 Å². The monoisotopic (exact) mass is 289 g/mol. The highest BCUT2D eigenvalue weighted by Gasteiger charge is 2.53. The molecule has 0 aromatic heterocycles. The molecule has 1 aliphatic carbocycles. The molecule has 1 saturated heterocycles. The Morgan fingerprint density at radius 2 is 2.24 bits per heavy atom. The van der Waals surface area contributed by atoms with Gasteiger partial charge < -0.3 is 14.7 Å². The molecule has 2 fully saturated rings. The summed E-state index contributed by atoms with van der Waals surface area (Å²) in [7, 11) is 1.67. The summed E-state index contributed by atoms with van der Waals surface area (Å²) >= 11 is 0. The molecule has 0 spiro atoms. The molecule has 1 saturated carbocycles. The summed E-state index contributed by atoms with van der Waals surface area (Å²) in [6, 6.07) is 6.10. The average Bonchev–Trinajstić information content (AvgIpc) is 3.17. The predicted molar refractivity (Wildman–Crippen MR) is 80.4 cm³/mol. The van der Waals surface area contributed by atoms with Crippen LogP contribution in [0.25, 0.3) is 0 Å². The van der Waals surface area contributed by atoms with Crippen LogP contribution in [0.1, 0.15) is 30.4 Å². The number of methoxy groups -OCH3 is 1. The molecule has 1 heterocycles. The molecule has 4 heteroatoms. The molecule has 1 unspecified atom stereocenters. The third-order valence-corrected chi connectivity index (χ3v) is 4.95. The fourth-order valence-electron chi connectivity index (χ4n) is 3.34. The number of carbonyl (C=O) groups is 1. The highest BCUT2D eigenvalue weighted by atomic mass is 16.5. The Morgan fingerprint density at radius 1 is 1.48 bits per heavy atom. The van der Waals surface area contributed by atoms with Crippen molar-refractivity contribution in [2.75, 3.05) is 26.8 Å². The smallest absolute Gasteiger partial charge is 0.233 e. The minimum Gasteiger partial charge on any atom is -0.496 e. The van der Waals surface area contributed by atoms with Crippen LogP contribution in [-0.4, -0.2) is 42.7 Å². The van der Waals surface area contributed by atoms with Crippen LogP contribution < -0.4 is 4.74 Å². The number of likely N-dealkylation sites (tertiary alicyclic amines) is 1. The molecular formula is C17H23NO3. The first-order chi connectivity index (χ1) is 10.1. The fourth-order valence-corrected chi connectivity index (χ4v) is 3.34. The minimum absolute atomic E-state index is 0.176. The van der Waals surface area contributed by atoms with Crippen LogP contribution in [0, 0.1) is 12.8 Å². The first kappa shape index (κ1) is 14.4. The first-order valence-electron chi connectivity index (χ1n) is 7.66. The van der Waals surface area contributed by atoms with E-state index in [9.17, 15) is 9.90 Å². The van der Waals surface area contributed by atoms with E-state index in [1.807, 2.05) is 24.0 Å². The van der Waals surface area contributed by atoms with Crippen molar-refractivity contribution in [3.8, 4) is 5.75 Å². The summed E-state index contributed by atoms with van der Waals surface area (Å²) in [5, 5.41) is 9.25. The van der Waals surface area contributed by atoms with Crippen molar-refractivity contribution in [3.63, 3.8) is 0 Å². The number of aliphatic hydroxyl groups excluding tert-OH is 1. The molecule has 1 atom stereocenters. The molecule has 1 N–H and O–H groups in total. The number of hydrogen-bond donors (Lipinski definition) is 1. The van der Waals surface area contributed by atoms with E-state index < -0.39 is 0 Å². The molecule has 2 aliphatic rings. The van der Waals surface area contributed by atoms with Crippen LogP contribution >= 0.6 is 0 Å². The lowest BCUT2D eigenvalue weighted by molar-refractivity contribution is -0.133. The van der Waals surface area contributed by atoms with Gasteiger partial charge in [-0.25, -0.2) is 0 Å². The number of amides is 1. The van der Waals surface area contributed by atoms with Gasteiger partial charge in [0, 0.05) is 25.6 Å². The molecule has 0 bridgehead atoms. The van der Waals surface area contributed by atoms with Gasteiger partial charge in [0.15, 0.2) is 0 Å². The lowest BCUT2D eigenvalue weighted by Crippen LogP contribution is -2.38. The highest BCUT2D eigenvalue weighted by Crippen LogP contribution is 2.51. The standard InChI is InChI=1S/C17H23NO3/c1-12-3-4-14(9-15(12)21-2)17(6-7-17)16(20)18-8-5-13(10-18)11-19/h3-4,9,13,19H,5-8,10-11H2,1-2H3. The summed E-state index contributed by atoms with van der Waals surface area (Å²) in [6.07, 6.45) is 2.74. The zero-order valence-electron chi connectivity index (χ0n) is 12.8. The van der Waals surface area contributed by atoms with Gasteiger partial charge in [-0.2, -0.15) is 0 Å². The number of rotatable bonds is 4. The normalized spacial score (nSPS) is 23.2. The predicted octanol–water partition coefficient (Wildman–Crippen LogP) is 1.88. The number of nitrogens with zero attached hydrogens (tertiary/aromatic N) is 1. The molecule has 1 amide bonds. The third kappa shape index (κ3) is 2.42. The molecule has 1 aromatic carbocycles. The van der Waals surface area contributed by atoms with Crippen LogP contribution in [0.15, 0.2) is 18.2 Å². The molecule has 0 radical (unpaired) electrons. The fraction of sp³-hybridized carbons (Fsp3) is 0.588. The van der Waals surface area contributed by atoms with Gasteiger partial charge in [0.25, 0.3) is 0 Å². The Balaban J connectivity index is 1.82. The van der Waals surface area contributed by atoms with Crippen LogP contribution in [0.5, 0.6) is 5.75 Å². The molecule has 4 nitrogen and oxygen atoms in total. The van der Waals surface area contributed by atoms with Crippen molar-refractivity contribution in [1.82, 2.24) is 4.90 Å². The zero-order valence-corrected chi connectivity index (χ0v) is 12.8. The maximum absolute atomic E-state index is 12.9. The van der Waals surface area contributed by atoms with E-state index in [-0.39, 0.29) is 23.8 Å². The number of aryl methyl sites for hydroxylation is 1. The van der Waals surface area contributed by atoms with Gasteiger partial charge in [-0.1, -0.05) is 12.1 Å². The lowest BCUT2D eigenvalue weighted by Gasteiger charge is -2.24. The Labute approximate surface area is 125 Å². The lowest BCUT2D eigenvalue weighted by atomic mass is 9.93. The molecular weight excluding hydrogens is 266 g/mol. The molecule has 1 aromatic rings. The topological polar surface area (TPSA) is 49.8 Å². The van der Waals surface area contributed by atoms with Gasteiger partial charge in [-0.3, -0.25) is 4.79 Å². The summed E-state index contributed by atoms with van der Waals surface area (Å²) in [5.74, 6) is 1.32. The minimum atomic E-state index is -0.342. The molecule has 3 rings (SSSR count). The van der Waals surface area contributed by atoms with E-state index in [1.54, 1.807) is 7.11 Å². The molecule has 21 heavy (non-hydrogen) atoms. The van der Waals surface area contributed by atoms with Crippen molar-refractivity contribution < 1.29 is 14.6 Å². The van der Waals surface area contributed by atoms with E-state index >= 15 is 0 Å². The first-order valence-corrected chi connectivity index (χ1v) is 7.66. The van der Waals surface area contributed by atoms with Crippen LogP contribution in [0.2, 0.25) is 0 Å². The van der Waals surface area contributed by atoms with E-state index in [1.165, 1.54) is 0 Å². The number of aliphatic hydroxyl groups is 1.